The van der Waals surface area contributed by atoms with Crippen molar-refractivity contribution in [2.24, 2.45) is 0 Å². The summed E-state index contributed by atoms with van der Waals surface area (Å²) in [5.74, 6) is -0.338. The summed E-state index contributed by atoms with van der Waals surface area (Å²) < 4.78 is 13.6. The SMILES string of the molecule is Cc1c(F)cc(C#N)cc1NCCCc1ccccc1. The first-order valence-corrected chi connectivity index (χ1v) is 6.69. The number of anilines is 1. The van der Waals surface area contributed by atoms with Gasteiger partial charge in [0.25, 0.3) is 0 Å². The first-order valence-electron chi connectivity index (χ1n) is 6.69. The highest BCUT2D eigenvalue weighted by molar-refractivity contribution is 5.55. The third kappa shape index (κ3) is 3.58. The van der Waals surface area contributed by atoms with E-state index in [2.05, 4.69) is 17.4 Å². The van der Waals surface area contributed by atoms with Crippen molar-refractivity contribution in [2.45, 2.75) is 19.8 Å². The Morgan fingerprint density at radius 2 is 1.95 bits per heavy atom. The van der Waals surface area contributed by atoms with Gasteiger partial charge in [-0.05, 0) is 37.5 Å². The Morgan fingerprint density at radius 3 is 2.65 bits per heavy atom. The van der Waals surface area contributed by atoms with Gasteiger partial charge in [0.05, 0.1) is 11.6 Å². The summed E-state index contributed by atoms with van der Waals surface area (Å²) in [5.41, 5.74) is 2.90. The molecule has 2 rings (SSSR count). The van der Waals surface area contributed by atoms with E-state index in [0.29, 0.717) is 16.8 Å². The number of rotatable bonds is 5. The average molecular weight is 268 g/mol. The number of nitrogens with one attached hydrogen (secondary N) is 1. The molecule has 0 fully saturated rings. The number of nitrogens with zero attached hydrogens (tertiary/aromatic N) is 1. The van der Waals surface area contributed by atoms with Crippen LogP contribution in [0.2, 0.25) is 0 Å². The van der Waals surface area contributed by atoms with E-state index >= 15 is 0 Å². The fourth-order valence-corrected chi connectivity index (χ4v) is 2.09. The van der Waals surface area contributed by atoms with E-state index < -0.39 is 0 Å². The minimum absolute atomic E-state index is 0.338. The molecule has 0 spiro atoms. The maximum atomic E-state index is 13.6. The molecule has 2 aromatic carbocycles. The van der Waals surface area contributed by atoms with E-state index in [1.165, 1.54) is 11.6 Å². The van der Waals surface area contributed by atoms with Crippen LogP contribution in [0, 0.1) is 24.1 Å². The molecule has 0 atom stereocenters. The van der Waals surface area contributed by atoms with Gasteiger partial charge in [-0.25, -0.2) is 4.39 Å². The number of nitriles is 1. The molecular weight excluding hydrogens is 251 g/mol. The molecule has 0 aliphatic heterocycles. The van der Waals surface area contributed by atoms with Crippen LogP contribution in [0.4, 0.5) is 10.1 Å². The summed E-state index contributed by atoms with van der Waals surface area (Å²) in [7, 11) is 0. The highest BCUT2D eigenvalue weighted by atomic mass is 19.1. The van der Waals surface area contributed by atoms with Gasteiger partial charge in [-0.2, -0.15) is 5.26 Å². The molecule has 0 aromatic heterocycles. The van der Waals surface area contributed by atoms with Crippen LogP contribution in [0.3, 0.4) is 0 Å². The van der Waals surface area contributed by atoms with Gasteiger partial charge in [-0.15, -0.1) is 0 Å². The van der Waals surface area contributed by atoms with Crippen molar-refractivity contribution in [3.8, 4) is 6.07 Å². The van der Waals surface area contributed by atoms with Crippen LogP contribution >= 0.6 is 0 Å². The maximum Gasteiger partial charge on any atom is 0.129 e. The van der Waals surface area contributed by atoms with Crippen molar-refractivity contribution in [1.82, 2.24) is 0 Å². The zero-order valence-corrected chi connectivity index (χ0v) is 11.5. The molecule has 3 heteroatoms. The monoisotopic (exact) mass is 268 g/mol. The fraction of sp³-hybridized carbons (Fsp3) is 0.235. The van der Waals surface area contributed by atoms with Gasteiger partial charge in [0.15, 0.2) is 0 Å². The maximum absolute atomic E-state index is 13.6. The summed E-state index contributed by atoms with van der Waals surface area (Å²) in [6.45, 7) is 2.47. The van der Waals surface area contributed by atoms with E-state index in [9.17, 15) is 4.39 Å². The Labute approximate surface area is 118 Å². The van der Waals surface area contributed by atoms with Gasteiger partial charge in [0, 0.05) is 17.8 Å². The molecule has 0 amide bonds. The summed E-state index contributed by atoms with van der Waals surface area (Å²) in [6.07, 6.45) is 1.94. The quantitative estimate of drug-likeness (QED) is 0.830. The zero-order chi connectivity index (χ0) is 14.4. The van der Waals surface area contributed by atoms with Crippen molar-refractivity contribution in [3.63, 3.8) is 0 Å². The van der Waals surface area contributed by atoms with E-state index in [-0.39, 0.29) is 5.82 Å². The van der Waals surface area contributed by atoms with Gasteiger partial charge in [0.2, 0.25) is 0 Å². The molecule has 0 bridgehead atoms. The Balaban J connectivity index is 1.91. The highest BCUT2D eigenvalue weighted by Gasteiger charge is 2.06. The predicted molar refractivity (Wildman–Crippen MR) is 79.1 cm³/mol. The molecular formula is C17H17FN2. The third-order valence-electron chi connectivity index (χ3n) is 3.27. The molecule has 0 saturated carbocycles. The van der Waals surface area contributed by atoms with Gasteiger partial charge in [-0.3, -0.25) is 0 Å². The lowest BCUT2D eigenvalue weighted by Gasteiger charge is -2.10. The molecule has 1 N–H and O–H groups in total. The predicted octanol–water partition coefficient (Wildman–Crippen LogP) is 4.05. The van der Waals surface area contributed by atoms with Crippen molar-refractivity contribution in [3.05, 3.63) is 65.0 Å². The molecule has 20 heavy (non-hydrogen) atoms. The lowest BCUT2D eigenvalue weighted by Crippen LogP contribution is -2.05. The Kier molecular flexibility index (Phi) is 4.73. The summed E-state index contributed by atoms with van der Waals surface area (Å²) in [5, 5.41) is 12.1. The summed E-state index contributed by atoms with van der Waals surface area (Å²) in [6, 6.07) is 15.2. The zero-order valence-electron chi connectivity index (χ0n) is 11.5. The number of benzene rings is 2. The van der Waals surface area contributed by atoms with E-state index in [1.807, 2.05) is 24.3 Å². The van der Waals surface area contributed by atoms with Crippen LogP contribution in [-0.4, -0.2) is 6.54 Å². The summed E-state index contributed by atoms with van der Waals surface area (Å²) in [4.78, 5) is 0. The minimum atomic E-state index is -0.338. The number of hydrogen-bond donors (Lipinski definition) is 1. The first kappa shape index (κ1) is 14.1. The largest absolute Gasteiger partial charge is 0.385 e. The molecule has 102 valence electrons. The van der Waals surface area contributed by atoms with Gasteiger partial charge >= 0.3 is 0 Å². The topological polar surface area (TPSA) is 35.8 Å². The molecule has 0 aliphatic rings. The molecule has 0 radical (unpaired) electrons. The van der Waals surface area contributed by atoms with Gasteiger partial charge in [-0.1, -0.05) is 30.3 Å². The second-order valence-electron chi connectivity index (χ2n) is 4.76. The smallest absolute Gasteiger partial charge is 0.129 e. The van der Waals surface area contributed by atoms with Crippen molar-refractivity contribution in [2.75, 3.05) is 11.9 Å². The molecule has 0 heterocycles. The molecule has 0 saturated heterocycles. The summed E-state index contributed by atoms with van der Waals surface area (Å²) >= 11 is 0. The van der Waals surface area contributed by atoms with Crippen molar-refractivity contribution in [1.29, 1.82) is 5.26 Å². The number of hydrogen-bond acceptors (Lipinski definition) is 2. The normalized spacial score (nSPS) is 10.1. The Bertz CT molecular complexity index is 615. The first-order chi connectivity index (χ1) is 9.70. The standard InChI is InChI=1S/C17H17FN2/c1-13-16(18)10-15(12-19)11-17(13)20-9-5-8-14-6-3-2-4-7-14/h2-4,6-7,10-11,20H,5,8-9H2,1H3. The molecule has 0 unspecified atom stereocenters. The van der Waals surface area contributed by atoms with E-state index in [0.717, 1.165) is 19.4 Å². The Morgan fingerprint density at radius 1 is 1.20 bits per heavy atom. The van der Waals surface area contributed by atoms with Crippen LogP contribution in [0.5, 0.6) is 0 Å². The van der Waals surface area contributed by atoms with Crippen LogP contribution in [-0.2, 0) is 6.42 Å². The van der Waals surface area contributed by atoms with Crippen LogP contribution < -0.4 is 5.32 Å². The number of aryl methyl sites for hydroxylation is 1. The van der Waals surface area contributed by atoms with Gasteiger partial charge in [0.1, 0.15) is 5.82 Å². The van der Waals surface area contributed by atoms with Crippen LogP contribution in [0.25, 0.3) is 0 Å². The average Bonchev–Trinajstić information content (AvgIpc) is 2.48. The highest BCUT2D eigenvalue weighted by Crippen LogP contribution is 2.20. The van der Waals surface area contributed by atoms with Gasteiger partial charge < -0.3 is 5.32 Å². The molecule has 2 nitrogen and oxygen atoms in total. The Hall–Kier alpha value is -2.34. The van der Waals surface area contributed by atoms with E-state index in [1.54, 1.807) is 13.0 Å². The van der Waals surface area contributed by atoms with Crippen molar-refractivity contribution < 1.29 is 4.39 Å². The number of halogens is 1. The fourth-order valence-electron chi connectivity index (χ4n) is 2.09. The second kappa shape index (κ2) is 6.72. The third-order valence-corrected chi connectivity index (χ3v) is 3.27. The molecule has 0 aliphatic carbocycles. The lowest BCUT2D eigenvalue weighted by atomic mass is 10.1. The van der Waals surface area contributed by atoms with Crippen molar-refractivity contribution >= 4 is 5.69 Å². The minimum Gasteiger partial charge on any atom is -0.385 e. The van der Waals surface area contributed by atoms with Crippen LogP contribution in [0.15, 0.2) is 42.5 Å². The van der Waals surface area contributed by atoms with E-state index in [4.69, 9.17) is 5.26 Å². The second-order valence-corrected chi connectivity index (χ2v) is 4.76. The lowest BCUT2D eigenvalue weighted by molar-refractivity contribution is 0.618. The van der Waals surface area contributed by atoms with Crippen LogP contribution in [0.1, 0.15) is 23.1 Å². The molecule has 2 aromatic rings.